The van der Waals surface area contributed by atoms with Crippen LogP contribution in [0, 0.1) is 51.8 Å². The van der Waals surface area contributed by atoms with Crippen LogP contribution in [0.5, 0.6) is 0 Å². The van der Waals surface area contributed by atoms with E-state index in [9.17, 15) is 0 Å². The van der Waals surface area contributed by atoms with E-state index in [1.807, 2.05) is 0 Å². The summed E-state index contributed by atoms with van der Waals surface area (Å²) in [6.07, 6.45) is 21.7. The molecule has 24 heavy (non-hydrogen) atoms. The van der Waals surface area contributed by atoms with Crippen LogP contribution < -0.4 is 0 Å². The molecule has 8 rings (SSSR count). The highest BCUT2D eigenvalue weighted by Crippen LogP contribution is 2.75. The lowest BCUT2D eigenvalue weighted by Gasteiger charge is -2.71. The van der Waals surface area contributed by atoms with Gasteiger partial charge in [-0.05, 0) is 122 Å². The fourth-order valence-electron chi connectivity index (χ4n) is 10.5. The largest absolute Gasteiger partial charge is 0.103 e. The Morgan fingerprint density at radius 2 is 1.29 bits per heavy atom. The van der Waals surface area contributed by atoms with Crippen LogP contribution in [0.25, 0.3) is 0 Å². The minimum Gasteiger partial charge on any atom is -0.103 e. The molecule has 0 saturated heterocycles. The average Bonchev–Trinajstić information content (AvgIpc) is 2.52. The van der Waals surface area contributed by atoms with E-state index in [4.69, 9.17) is 0 Å². The van der Waals surface area contributed by atoms with Crippen molar-refractivity contribution in [3.63, 3.8) is 0 Å². The Balaban J connectivity index is 1.46. The summed E-state index contributed by atoms with van der Waals surface area (Å²) in [5.74, 6) is 6.12. The van der Waals surface area contributed by atoms with Crippen molar-refractivity contribution in [1.29, 1.82) is 0 Å². The summed E-state index contributed by atoms with van der Waals surface area (Å²) in [7, 11) is 0. The van der Waals surface area contributed by atoms with E-state index in [1.165, 1.54) is 32.1 Å². The van der Waals surface area contributed by atoms with Gasteiger partial charge in [-0.1, -0.05) is 12.2 Å². The summed E-state index contributed by atoms with van der Waals surface area (Å²) in [6, 6.07) is 0. The Kier molecular flexibility index (Phi) is 2.69. The third-order valence-corrected chi connectivity index (χ3v) is 10.0. The number of hydrogen-bond donors (Lipinski definition) is 0. The molecule has 0 nitrogen and oxygen atoms in total. The molecule has 0 radical (unpaired) electrons. The first kappa shape index (κ1) is 14.6. The molecule has 0 heteroatoms. The van der Waals surface area contributed by atoms with Crippen molar-refractivity contribution in [1.82, 2.24) is 0 Å². The summed E-state index contributed by atoms with van der Waals surface area (Å²) in [5, 5.41) is 0. The van der Waals surface area contributed by atoms with Gasteiger partial charge in [-0.3, -0.25) is 0 Å². The van der Waals surface area contributed by atoms with Crippen LogP contribution in [0.1, 0.15) is 70.6 Å². The minimum atomic E-state index is 0.515. The molecule has 8 aliphatic rings. The van der Waals surface area contributed by atoms with Crippen LogP contribution in [-0.4, -0.2) is 0 Å². The summed E-state index contributed by atoms with van der Waals surface area (Å²) < 4.78 is 0. The van der Waals surface area contributed by atoms with E-state index in [0.717, 1.165) is 35.5 Å². The Bertz CT molecular complexity index is 569. The van der Waals surface area contributed by atoms with E-state index in [-0.39, 0.29) is 0 Å². The third-order valence-electron chi connectivity index (χ3n) is 10.0. The maximum atomic E-state index is 4.45. The van der Waals surface area contributed by atoms with E-state index in [0.29, 0.717) is 16.2 Å². The molecule has 130 valence electrons. The zero-order chi connectivity index (χ0) is 16.2. The van der Waals surface area contributed by atoms with Crippen molar-refractivity contribution in [2.24, 2.45) is 51.8 Å². The number of hydrogen-bond acceptors (Lipinski definition) is 0. The Labute approximate surface area is 148 Å². The van der Waals surface area contributed by atoms with E-state index < -0.39 is 0 Å². The Morgan fingerprint density at radius 1 is 0.667 bits per heavy atom. The normalized spacial score (nSPS) is 62.8. The predicted molar refractivity (Wildman–Crippen MR) is 99.4 cm³/mol. The second-order valence-corrected chi connectivity index (χ2v) is 11.4. The van der Waals surface area contributed by atoms with Crippen molar-refractivity contribution in [3.8, 4) is 0 Å². The minimum absolute atomic E-state index is 0.515. The smallest absolute Gasteiger partial charge is 0.00794 e. The molecule has 0 aromatic carbocycles. The van der Waals surface area contributed by atoms with Crippen LogP contribution in [0.15, 0.2) is 25.3 Å². The van der Waals surface area contributed by atoms with Gasteiger partial charge < -0.3 is 0 Å². The maximum Gasteiger partial charge on any atom is -0.00794 e. The van der Waals surface area contributed by atoms with Gasteiger partial charge in [0.2, 0.25) is 0 Å². The van der Waals surface area contributed by atoms with Gasteiger partial charge in [-0.2, -0.15) is 0 Å². The monoisotopic (exact) mass is 322 g/mol. The Morgan fingerprint density at radius 3 is 1.88 bits per heavy atom. The highest BCUT2D eigenvalue weighted by Gasteiger charge is 2.66. The fraction of sp³-hybridized carbons (Fsp3) is 0.833. The molecular formula is C24H34. The van der Waals surface area contributed by atoms with Gasteiger partial charge in [0.05, 0.1) is 0 Å². The molecule has 8 fully saturated rings. The molecule has 0 spiro atoms. The lowest BCUT2D eigenvalue weighted by atomic mass is 9.33. The summed E-state index contributed by atoms with van der Waals surface area (Å²) in [4.78, 5) is 0. The lowest BCUT2D eigenvalue weighted by molar-refractivity contribution is -0.202. The van der Waals surface area contributed by atoms with Gasteiger partial charge in [0.15, 0.2) is 0 Å². The zero-order valence-corrected chi connectivity index (χ0v) is 15.3. The fourth-order valence-corrected chi connectivity index (χ4v) is 10.5. The summed E-state index contributed by atoms with van der Waals surface area (Å²) in [5.41, 5.74) is 1.69. The summed E-state index contributed by atoms with van der Waals surface area (Å²) >= 11 is 0. The highest BCUT2D eigenvalue weighted by molar-refractivity contribution is 5.22. The first-order chi connectivity index (χ1) is 11.6. The number of allylic oxidation sites excluding steroid dienone is 2. The van der Waals surface area contributed by atoms with Crippen LogP contribution in [0.4, 0.5) is 0 Å². The number of rotatable bonds is 3. The molecule has 5 atom stereocenters. The van der Waals surface area contributed by atoms with Gasteiger partial charge in [-0.25, -0.2) is 0 Å². The van der Waals surface area contributed by atoms with Crippen molar-refractivity contribution >= 4 is 0 Å². The highest BCUT2D eigenvalue weighted by atomic mass is 14.7. The van der Waals surface area contributed by atoms with E-state index >= 15 is 0 Å². The quantitative estimate of drug-likeness (QED) is 0.528. The van der Waals surface area contributed by atoms with Crippen LogP contribution in [0.3, 0.4) is 0 Å². The van der Waals surface area contributed by atoms with Gasteiger partial charge in [0.25, 0.3) is 0 Å². The standard InChI is InChI=1S/C24H34/c1-3-22-9-18-6-19(10-22)14-24(13-18,15-22)21-20-7-16-5-17(8-20)12-23(21,4-2)11-16/h3-4,16-21H,1-2,5-15H2. The molecule has 0 aromatic heterocycles. The average molecular weight is 323 g/mol. The van der Waals surface area contributed by atoms with Gasteiger partial charge in [0.1, 0.15) is 0 Å². The molecule has 0 aliphatic heterocycles. The van der Waals surface area contributed by atoms with Crippen LogP contribution in [-0.2, 0) is 0 Å². The second kappa shape index (κ2) is 4.41. The first-order valence-corrected chi connectivity index (χ1v) is 10.8. The van der Waals surface area contributed by atoms with Crippen LogP contribution >= 0.6 is 0 Å². The van der Waals surface area contributed by atoms with Gasteiger partial charge in [0, 0.05) is 0 Å². The molecule has 8 saturated carbocycles. The molecule has 8 bridgehead atoms. The SMILES string of the molecule is C=CC12CC3CC(C1)CC(C1C4CC5CC(C4)CC1(C=C)C5)(C3)C2. The topological polar surface area (TPSA) is 0 Å². The Hall–Kier alpha value is -0.520. The van der Waals surface area contributed by atoms with Crippen molar-refractivity contribution in [3.05, 3.63) is 25.3 Å². The maximum absolute atomic E-state index is 4.45. The van der Waals surface area contributed by atoms with Gasteiger partial charge >= 0.3 is 0 Å². The molecular weight excluding hydrogens is 288 g/mol. The predicted octanol–water partition coefficient (Wildman–Crippen LogP) is 6.39. The van der Waals surface area contributed by atoms with Crippen LogP contribution in [0.2, 0.25) is 0 Å². The molecule has 0 heterocycles. The molecule has 0 amide bonds. The second-order valence-electron chi connectivity index (χ2n) is 11.4. The van der Waals surface area contributed by atoms with Gasteiger partial charge in [-0.15, -0.1) is 13.2 Å². The first-order valence-electron chi connectivity index (χ1n) is 10.8. The zero-order valence-electron chi connectivity index (χ0n) is 15.3. The third kappa shape index (κ3) is 1.67. The molecule has 5 unspecified atom stereocenters. The van der Waals surface area contributed by atoms with Crippen molar-refractivity contribution in [2.45, 2.75) is 70.6 Å². The molecule has 0 aromatic rings. The summed E-state index contributed by atoms with van der Waals surface area (Å²) in [6.45, 7) is 8.78. The van der Waals surface area contributed by atoms with Crippen molar-refractivity contribution < 1.29 is 0 Å². The molecule has 8 aliphatic carbocycles. The van der Waals surface area contributed by atoms with E-state index in [1.54, 1.807) is 38.5 Å². The van der Waals surface area contributed by atoms with E-state index in [2.05, 4.69) is 25.3 Å². The van der Waals surface area contributed by atoms with Crippen molar-refractivity contribution in [2.75, 3.05) is 0 Å². The molecule has 0 N–H and O–H groups in total. The lowest BCUT2D eigenvalue weighted by Crippen LogP contribution is -2.63.